The number of piperazine rings is 1. The molecule has 0 aliphatic carbocycles. The Bertz CT molecular complexity index is 623. The Kier molecular flexibility index (Phi) is 4.77. The van der Waals surface area contributed by atoms with Crippen LogP contribution in [0.5, 0.6) is 5.75 Å². The number of hydrogen-bond donors (Lipinski definition) is 2. The van der Waals surface area contributed by atoms with Crippen molar-refractivity contribution in [1.82, 2.24) is 20.6 Å². The number of fused-ring (bicyclic) bond motifs is 1. The predicted molar refractivity (Wildman–Crippen MR) is 95.0 cm³/mol. The van der Waals surface area contributed by atoms with Gasteiger partial charge in [-0.05, 0) is 44.6 Å². The van der Waals surface area contributed by atoms with Crippen molar-refractivity contribution in [1.29, 1.82) is 0 Å². The molecule has 0 spiro atoms. The molecule has 0 aromatic carbocycles. The molecule has 3 rings (SSSR count). The number of nitrogens with one attached hydrogen (secondary N) is 2. The molecule has 2 N–H and O–H groups in total. The summed E-state index contributed by atoms with van der Waals surface area (Å²) in [5.41, 5.74) is 5.83. The van der Waals surface area contributed by atoms with E-state index in [9.17, 15) is 0 Å². The standard InChI is InChI=1S/C16H23N5OS/c1-10-4-6-17-14-13(5-7-22-15(10)14)19-20-16(23)21-8-11(2)18-12(3)9-21/h4,6,11-12,18H,5,7-9H2,1-3H3,(H,20,23)/b19-13-/t11-,12+. The zero-order valence-electron chi connectivity index (χ0n) is 13.8. The van der Waals surface area contributed by atoms with Crippen molar-refractivity contribution in [3.63, 3.8) is 0 Å². The average Bonchev–Trinajstić information content (AvgIpc) is 2.52. The van der Waals surface area contributed by atoms with E-state index in [-0.39, 0.29) is 0 Å². The van der Waals surface area contributed by atoms with Crippen LogP contribution in [-0.4, -0.2) is 52.5 Å². The van der Waals surface area contributed by atoms with Gasteiger partial charge >= 0.3 is 0 Å². The lowest BCUT2D eigenvalue weighted by Crippen LogP contribution is -2.57. The van der Waals surface area contributed by atoms with Gasteiger partial charge in [-0.15, -0.1) is 0 Å². The van der Waals surface area contributed by atoms with Crippen LogP contribution < -0.4 is 15.5 Å². The first-order valence-corrected chi connectivity index (χ1v) is 8.41. The number of rotatable bonds is 1. The van der Waals surface area contributed by atoms with Crippen LogP contribution in [0.25, 0.3) is 0 Å². The van der Waals surface area contributed by atoms with E-state index in [2.05, 4.69) is 39.6 Å². The molecule has 1 fully saturated rings. The molecule has 1 saturated heterocycles. The maximum atomic E-state index is 5.71. The van der Waals surface area contributed by atoms with E-state index in [0.717, 1.165) is 42.2 Å². The number of aromatic nitrogens is 1. The lowest BCUT2D eigenvalue weighted by molar-refractivity contribution is 0.253. The number of nitrogens with zero attached hydrogens (tertiary/aromatic N) is 3. The van der Waals surface area contributed by atoms with Gasteiger partial charge in [0, 0.05) is 37.8 Å². The van der Waals surface area contributed by atoms with Gasteiger partial charge in [-0.2, -0.15) is 5.10 Å². The van der Waals surface area contributed by atoms with E-state index in [0.29, 0.717) is 23.8 Å². The number of aryl methyl sites for hydroxylation is 1. The molecule has 0 saturated carbocycles. The van der Waals surface area contributed by atoms with E-state index in [1.807, 2.05) is 13.0 Å². The Morgan fingerprint density at radius 1 is 1.43 bits per heavy atom. The average molecular weight is 333 g/mol. The maximum absolute atomic E-state index is 5.71. The molecule has 0 bridgehead atoms. The smallest absolute Gasteiger partial charge is 0.189 e. The van der Waals surface area contributed by atoms with Gasteiger partial charge in [0.1, 0.15) is 11.4 Å². The number of ether oxygens (including phenoxy) is 1. The highest BCUT2D eigenvalue weighted by atomic mass is 32.1. The lowest BCUT2D eigenvalue weighted by atomic mass is 10.1. The highest BCUT2D eigenvalue weighted by Crippen LogP contribution is 2.26. The third-order valence-corrected chi connectivity index (χ3v) is 4.44. The maximum Gasteiger partial charge on any atom is 0.189 e. The summed E-state index contributed by atoms with van der Waals surface area (Å²) < 4.78 is 5.71. The summed E-state index contributed by atoms with van der Waals surface area (Å²) in [6, 6.07) is 2.78. The highest BCUT2D eigenvalue weighted by Gasteiger charge is 2.23. The summed E-state index contributed by atoms with van der Waals surface area (Å²) in [6.45, 7) is 8.74. The first-order valence-electron chi connectivity index (χ1n) is 8.01. The molecule has 1 aromatic rings. The zero-order chi connectivity index (χ0) is 16.4. The molecule has 2 atom stereocenters. The van der Waals surface area contributed by atoms with E-state index >= 15 is 0 Å². The SMILES string of the molecule is Cc1ccnc2c1OCC/C2=N/NC(=S)N1C[C@@H](C)N[C@@H](C)C1. The van der Waals surface area contributed by atoms with Crippen LogP contribution in [0, 0.1) is 6.92 Å². The summed E-state index contributed by atoms with van der Waals surface area (Å²) >= 11 is 5.50. The van der Waals surface area contributed by atoms with Gasteiger partial charge in [0.05, 0.1) is 12.3 Å². The van der Waals surface area contributed by atoms with Gasteiger partial charge < -0.3 is 15.0 Å². The topological polar surface area (TPSA) is 61.8 Å². The fraction of sp³-hybridized carbons (Fsp3) is 0.562. The fourth-order valence-electron chi connectivity index (χ4n) is 3.09. The van der Waals surface area contributed by atoms with E-state index in [1.165, 1.54) is 0 Å². The van der Waals surface area contributed by atoms with E-state index < -0.39 is 0 Å². The van der Waals surface area contributed by atoms with E-state index in [4.69, 9.17) is 17.0 Å². The first kappa shape index (κ1) is 16.1. The molecular formula is C16H23N5OS. The van der Waals surface area contributed by atoms with Crippen LogP contribution in [0.3, 0.4) is 0 Å². The first-order chi connectivity index (χ1) is 11.0. The van der Waals surface area contributed by atoms with Crippen LogP contribution in [-0.2, 0) is 0 Å². The second kappa shape index (κ2) is 6.80. The summed E-state index contributed by atoms with van der Waals surface area (Å²) in [6.07, 6.45) is 2.52. The van der Waals surface area contributed by atoms with Crippen molar-refractivity contribution in [2.75, 3.05) is 19.7 Å². The Balaban J connectivity index is 1.71. The van der Waals surface area contributed by atoms with Crippen molar-refractivity contribution in [2.24, 2.45) is 5.10 Å². The molecule has 0 unspecified atom stereocenters. The van der Waals surface area contributed by atoms with Gasteiger partial charge in [0.15, 0.2) is 5.11 Å². The van der Waals surface area contributed by atoms with Crippen LogP contribution in [0.4, 0.5) is 0 Å². The molecule has 3 heterocycles. The van der Waals surface area contributed by atoms with Gasteiger partial charge in [-0.1, -0.05) is 0 Å². The van der Waals surface area contributed by atoms with Crippen molar-refractivity contribution < 1.29 is 4.74 Å². The van der Waals surface area contributed by atoms with Crippen LogP contribution >= 0.6 is 12.2 Å². The van der Waals surface area contributed by atoms with Crippen LogP contribution in [0.15, 0.2) is 17.4 Å². The third kappa shape index (κ3) is 3.61. The summed E-state index contributed by atoms with van der Waals surface area (Å²) in [7, 11) is 0. The summed E-state index contributed by atoms with van der Waals surface area (Å²) in [4.78, 5) is 6.58. The zero-order valence-corrected chi connectivity index (χ0v) is 14.6. The molecule has 0 amide bonds. The number of pyridine rings is 1. The molecule has 6 nitrogen and oxygen atoms in total. The van der Waals surface area contributed by atoms with Crippen LogP contribution in [0.2, 0.25) is 0 Å². The monoisotopic (exact) mass is 333 g/mol. The van der Waals surface area contributed by atoms with Gasteiger partial charge in [0.25, 0.3) is 0 Å². The second-order valence-electron chi connectivity index (χ2n) is 6.25. The van der Waals surface area contributed by atoms with Crippen molar-refractivity contribution in [3.05, 3.63) is 23.5 Å². The molecule has 2 aliphatic heterocycles. The molecule has 7 heteroatoms. The Morgan fingerprint density at radius 2 is 2.17 bits per heavy atom. The lowest BCUT2D eigenvalue weighted by Gasteiger charge is -2.37. The Labute approximate surface area is 142 Å². The van der Waals surface area contributed by atoms with Crippen molar-refractivity contribution in [2.45, 2.75) is 39.3 Å². The Morgan fingerprint density at radius 3 is 2.91 bits per heavy atom. The quantitative estimate of drug-likeness (QED) is 0.599. The molecule has 1 aromatic heterocycles. The summed E-state index contributed by atoms with van der Waals surface area (Å²) in [5.74, 6) is 0.828. The summed E-state index contributed by atoms with van der Waals surface area (Å²) in [5, 5.41) is 8.67. The normalized spacial score (nSPS) is 25.7. The minimum Gasteiger partial charge on any atom is -0.491 e. The number of thiocarbonyl (C=S) groups is 1. The van der Waals surface area contributed by atoms with Crippen molar-refractivity contribution in [3.8, 4) is 5.75 Å². The minimum absolute atomic E-state index is 0.416. The van der Waals surface area contributed by atoms with Gasteiger partial charge in [-0.3, -0.25) is 10.4 Å². The molecule has 2 aliphatic rings. The molecule has 0 radical (unpaired) electrons. The number of hydrogen-bond acceptors (Lipinski definition) is 5. The third-order valence-electron chi connectivity index (χ3n) is 4.09. The minimum atomic E-state index is 0.416. The highest BCUT2D eigenvalue weighted by molar-refractivity contribution is 7.80. The fourth-order valence-corrected chi connectivity index (χ4v) is 3.28. The number of hydrazone groups is 1. The predicted octanol–water partition coefficient (Wildman–Crippen LogP) is 1.43. The van der Waals surface area contributed by atoms with Gasteiger partial charge in [0.2, 0.25) is 0 Å². The second-order valence-corrected chi connectivity index (χ2v) is 6.64. The van der Waals surface area contributed by atoms with Crippen molar-refractivity contribution >= 4 is 23.0 Å². The van der Waals surface area contributed by atoms with Crippen LogP contribution in [0.1, 0.15) is 31.5 Å². The van der Waals surface area contributed by atoms with Gasteiger partial charge in [-0.25, -0.2) is 0 Å². The Hall–Kier alpha value is -1.73. The molecule has 124 valence electrons. The molecular weight excluding hydrogens is 310 g/mol. The largest absolute Gasteiger partial charge is 0.491 e. The molecule has 23 heavy (non-hydrogen) atoms. The van der Waals surface area contributed by atoms with E-state index in [1.54, 1.807) is 6.20 Å².